The van der Waals surface area contributed by atoms with Crippen LogP contribution in [-0.4, -0.2) is 17.9 Å². The third-order valence-corrected chi connectivity index (χ3v) is 1.72. The molecule has 0 saturated heterocycles. The molecule has 0 N–H and O–H groups in total. The van der Waals surface area contributed by atoms with Crippen LogP contribution in [0.2, 0.25) is 0 Å². The zero-order valence-corrected chi connectivity index (χ0v) is 7.97. The van der Waals surface area contributed by atoms with E-state index in [1.54, 1.807) is 0 Å². The molecule has 13 heavy (non-hydrogen) atoms. The van der Waals surface area contributed by atoms with Gasteiger partial charge in [-0.25, -0.2) is 0 Å². The number of rotatable bonds is 8. The Balaban J connectivity index is 3.49. The van der Waals surface area contributed by atoms with Crippen molar-refractivity contribution in [2.24, 2.45) is 0 Å². The second-order valence-electron chi connectivity index (χ2n) is 3.03. The fourth-order valence-electron chi connectivity index (χ4n) is 1.02. The lowest BCUT2D eigenvalue weighted by molar-refractivity contribution is -0.126. The highest BCUT2D eigenvalue weighted by atomic mass is 16.2. The molecule has 0 aliphatic heterocycles. The van der Waals surface area contributed by atoms with E-state index >= 15 is 0 Å². The molecule has 0 aromatic rings. The Morgan fingerprint density at radius 3 is 2.38 bits per heavy atom. The van der Waals surface area contributed by atoms with Crippen LogP contribution in [0, 0.1) is 0 Å². The molecule has 0 aromatic carbocycles. The molecule has 0 unspecified atom stereocenters. The van der Waals surface area contributed by atoms with E-state index < -0.39 is 0 Å². The van der Waals surface area contributed by atoms with Gasteiger partial charge in [-0.1, -0.05) is 19.8 Å². The van der Waals surface area contributed by atoms with Gasteiger partial charge in [0.05, 0.1) is 12.8 Å². The van der Waals surface area contributed by atoms with Gasteiger partial charge in [0.2, 0.25) is 6.29 Å². The van der Waals surface area contributed by atoms with Crippen LogP contribution in [0.4, 0.5) is 0 Å². The van der Waals surface area contributed by atoms with E-state index in [1.807, 2.05) is 0 Å². The van der Waals surface area contributed by atoms with E-state index in [0.717, 1.165) is 19.3 Å². The Hall–Kier alpha value is -0.990. The standard InChI is InChI=1S/C10H15O3/c1-2-3-4-5-9(12)8-10(13)6-7-11/h2-6,8H2,1H3. The van der Waals surface area contributed by atoms with Gasteiger partial charge >= 0.3 is 0 Å². The first kappa shape index (κ1) is 12.0. The fraction of sp³-hybridized carbons (Fsp3) is 0.700. The van der Waals surface area contributed by atoms with Gasteiger partial charge in [0.15, 0.2) is 0 Å². The monoisotopic (exact) mass is 183 g/mol. The van der Waals surface area contributed by atoms with Crippen LogP contribution in [0.1, 0.15) is 45.4 Å². The SMILES string of the molecule is CCCCCC(=O)CC(=O)C[C]=O. The van der Waals surface area contributed by atoms with E-state index in [-0.39, 0.29) is 24.4 Å². The lowest BCUT2D eigenvalue weighted by Crippen LogP contribution is -2.07. The lowest BCUT2D eigenvalue weighted by Gasteiger charge is -1.97. The van der Waals surface area contributed by atoms with Crippen molar-refractivity contribution in [1.29, 1.82) is 0 Å². The van der Waals surface area contributed by atoms with Gasteiger partial charge in [0.1, 0.15) is 11.6 Å². The minimum atomic E-state index is -0.323. The zero-order valence-electron chi connectivity index (χ0n) is 7.97. The molecule has 0 fully saturated rings. The predicted octanol–water partition coefficient (Wildman–Crippen LogP) is 1.59. The first-order chi connectivity index (χ1) is 6.20. The van der Waals surface area contributed by atoms with Crippen molar-refractivity contribution in [3.05, 3.63) is 0 Å². The molecule has 0 aromatic heterocycles. The maximum atomic E-state index is 11.1. The first-order valence-electron chi connectivity index (χ1n) is 4.59. The number of Topliss-reactive ketones (excluding diaryl/α,β-unsaturated/α-hetero) is 2. The summed E-state index contributed by atoms with van der Waals surface area (Å²) in [6.45, 7) is 2.05. The normalized spacial score (nSPS) is 9.62. The molecule has 0 amide bonds. The summed E-state index contributed by atoms with van der Waals surface area (Å²) in [5.74, 6) is -0.384. The highest BCUT2D eigenvalue weighted by Gasteiger charge is 2.08. The van der Waals surface area contributed by atoms with E-state index in [9.17, 15) is 14.4 Å². The quantitative estimate of drug-likeness (QED) is 0.424. The molecule has 0 aliphatic carbocycles. The van der Waals surface area contributed by atoms with Crippen molar-refractivity contribution < 1.29 is 14.4 Å². The number of carbonyl (C=O) groups is 2. The van der Waals surface area contributed by atoms with Crippen LogP contribution in [0.3, 0.4) is 0 Å². The lowest BCUT2D eigenvalue weighted by atomic mass is 10.1. The molecular formula is C10H15O3. The largest absolute Gasteiger partial charge is 0.299 e. The van der Waals surface area contributed by atoms with Crippen LogP contribution in [0.25, 0.3) is 0 Å². The minimum absolute atomic E-state index is 0.0614. The summed E-state index contributed by atoms with van der Waals surface area (Å²) in [5.41, 5.74) is 0. The summed E-state index contributed by atoms with van der Waals surface area (Å²) < 4.78 is 0. The molecule has 1 radical (unpaired) electrons. The minimum Gasteiger partial charge on any atom is -0.299 e. The fourth-order valence-corrected chi connectivity index (χ4v) is 1.02. The van der Waals surface area contributed by atoms with Gasteiger partial charge in [-0.15, -0.1) is 0 Å². The van der Waals surface area contributed by atoms with Crippen molar-refractivity contribution in [3.8, 4) is 0 Å². The highest BCUT2D eigenvalue weighted by molar-refractivity contribution is 6.03. The maximum Gasteiger partial charge on any atom is 0.206 e. The third kappa shape index (κ3) is 7.37. The first-order valence-corrected chi connectivity index (χ1v) is 4.59. The Morgan fingerprint density at radius 1 is 1.15 bits per heavy atom. The van der Waals surface area contributed by atoms with Gasteiger partial charge in [-0.2, -0.15) is 0 Å². The van der Waals surface area contributed by atoms with E-state index in [2.05, 4.69) is 6.92 Å². The molecular weight excluding hydrogens is 168 g/mol. The van der Waals surface area contributed by atoms with Crippen LogP contribution < -0.4 is 0 Å². The van der Waals surface area contributed by atoms with E-state index in [4.69, 9.17) is 0 Å². The molecule has 3 heteroatoms. The molecule has 0 aliphatic rings. The molecule has 0 rings (SSSR count). The average molecular weight is 183 g/mol. The Bertz CT molecular complexity index is 185. The maximum absolute atomic E-state index is 11.1. The molecule has 0 heterocycles. The Kier molecular flexibility index (Phi) is 7.07. The van der Waals surface area contributed by atoms with Crippen LogP contribution >= 0.6 is 0 Å². The summed E-state index contributed by atoms with van der Waals surface area (Å²) in [6.07, 6.45) is 4.51. The average Bonchev–Trinajstić information content (AvgIpc) is 2.05. The smallest absolute Gasteiger partial charge is 0.206 e. The summed E-state index contributed by atoms with van der Waals surface area (Å²) in [4.78, 5) is 31.7. The molecule has 0 saturated carbocycles. The summed E-state index contributed by atoms with van der Waals surface area (Å²) in [6, 6.07) is 0. The Labute approximate surface area is 78.5 Å². The predicted molar refractivity (Wildman–Crippen MR) is 49.1 cm³/mol. The van der Waals surface area contributed by atoms with Crippen molar-refractivity contribution in [2.45, 2.75) is 45.4 Å². The topological polar surface area (TPSA) is 51.2 Å². The number of hydrogen-bond acceptors (Lipinski definition) is 3. The second kappa shape index (κ2) is 7.65. The molecule has 3 nitrogen and oxygen atoms in total. The van der Waals surface area contributed by atoms with E-state index in [0.29, 0.717) is 6.42 Å². The van der Waals surface area contributed by atoms with Gasteiger partial charge in [-0.3, -0.25) is 14.4 Å². The molecule has 0 atom stereocenters. The van der Waals surface area contributed by atoms with Crippen molar-refractivity contribution in [2.75, 3.05) is 0 Å². The highest BCUT2D eigenvalue weighted by Crippen LogP contribution is 2.02. The van der Waals surface area contributed by atoms with Crippen molar-refractivity contribution >= 4 is 17.9 Å². The van der Waals surface area contributed by atoms with Crippen LogP contribution in [0.5, 0.6) is 0 Å². The van der Waals surface area contributed by atoms with E-state index in [1.165, 1.54) is 6.29 Å². The van der Waals surface area contributed by atoms with Gasteiger partial charge in [-0.05, 0) is 6.42 Å². The van der Waals surface area contributed by atoms with Crippen molar-refractivity contribution in [1.82, 2.24) is 0 Å². The second-order valence-corrected chi connectivity index (χ2v) is 3.03. The number of unbranched alkanes of at least 4 members (excludes halogenated alkanes) is 2. The number of ketones is 2. The Morgan fingerprint density at radius 2 is 1.85 bits per heavy atom. The summed E-state index contributed by atoms with van der Waals surface area (Å²) in [5, 5.41) is 0. The summed E-state index contributed by atoms with van der Waals surface area (Å²) in [7, 11) is 0. The molecule has 0 bridgehead atoms. The number of carbonyl (C=O) groups excluding carboxylic acids is 3. The molecule has 73 valence electrons. The molecule has 0 spiro atoms. The van der Waals surface area contributed by atoms with Gasteiger partial charge < -0.3 is 0 Å². The number of hydrogen-bond donors (Lipinski definition) is 0. The van der Waals surface area contributed by atoms with Crippen LogP contribution in [-0.2, 0) is 14.4 Å². The third-order valence-electron chi connectivity index (χ3n) is 1.72. The van der Waals surface area contributed by atoms with Crippen molar-refractivity contribution in [3.63, 3.8) is 0 Å². The zero-order chi connectivity index (χ0) is 10.1. The van der Waals surface area contributed by atoms with Gasteiger partial charge in [0.25, 0.3) is 0 Å². The van der Waals surface area contributed by atoms with Crippen LogP contribution in [0.15, 0.2) is 0 Å². The van der Waals surface area contributed by atoms with Gasteiger partial charge in [0, 0.05) is 6.42 Å². The summed E-state index contributed by atoms with van der Waals surface area (Å²) >= 11 is 0.